The number of imide groups is 1. The highest BCUT2D eigenvalue weighted by Crippen LogP contribution is 2.43. The molecule has 112 valence electrons. The standard InChI is InChI=1S/C19H19NO2/c1-12-9-10-15-16(11-12)19(22)20(18(15)21)17-8-4-6-13-5-2-3-7-14(13)17/h2-8,12,15-16H,9-11H2,1H3/t12-,15-,16+/m1/s1. The van der Waals surface area contributed by atoms with E-state index < -0.39 is 0 Å². The molecule has 0 radical (unpaired) electrons. The summed E-state index contributed by atoms with van der Waals surface area (Å²) in [6, 6.07) is 13.7. The van der Waals surface area contributed by atoms with Gasteiger partial charge in [-0.15, -0.1) is 0 Å². The summed E-state index contributed by atoms with van der Waals surface area (Å²) in [4.78, 5) is 27.1. The van der Waals surface area contributed by atoms with Crippen molar-refractivity contribution >= 4 is 28.3 Å². The first kappa shape index (κ1) is 13.5. The third-order valence-corrected chi connectivity index (χ3v) is 5.20. The van der Waals surface area contributed by atoms with Crippen molar-refractivity contribution in [2.75, 3.05) is 4.90 Å². The van der Waals surface area contributed by atoms with Crippen molar-refractivity contribution in [3.05, 3.63) is 42.5 Å². The second-order valence-corrected chi connectivity index (χ2v) is 6.64. The highest BCUT2D eigenvalue weighted by molar-refractivity contribution is 6.24. The largest absolute Gasteiger partial charge is 0.274 e. The lowest BCUT2D eigenvalue weighted by Crippen LogP contribution is -2.31. The lowest BCUT2D eigenvalue weighted by molar-refractivity contribution is -0.122. The molecule has 1 saturated heterocycles. The lowest BCUT2D eigenvalue weighted by atomic mass is 9.76. The summed E-state index contributed by atoms with van der Waals surface area (Å²) in [6.07, 6.45) is 2.73. The number of benzene rings is 2. The number of fused-ring (bicyclic) bond motifs is 2. The number of hydrogen-bond donors (Lipinski definition) is 0. The Bertz CT molecular complexity index is 762. The number of rotatable bonds is 1. The molecule has 0 spiro atoms. The van der Waals surface area contributed by atoms with Crippen LogP contribution in [0.15, 0.2) is 42.5 Å². The van der Waals surface area contributed by atoms with Crippen molar-refractivity contribution in [1.82, 2.24) is 0 Å². The maximum atomic E-state index is 12.8. The monoisotopic (exact) mass is 293 g/mol. The maximum Gasteiger partial charge on any atom is 0.237 e. The van der Waals surface area contributed by atoms with Gasteiger partial charge in [-0.2, -0.15) is 0 Å². The second kappa shape index (κ2) is 4.94. The molecule has 1 aliphatic heterocycles. The molecule has 22 heavy (non-hydrogen) atoms. The van der Waals surface area contributed by atoms with Gasteiger partial charge in [0.05, 0.1) is 17.5 Å². The van der Waals surface area contributed by atoms with E-state index in [-0.39, 0.29) is 23.7 Å². The Morgan fingerprint density at radius 3 is 2.50 bits per heavy atom. The average molecular weight is 293 g/mol. The van der Waals surface area contributed by atoms with Gasteiger partial charge < -0.3 is 0 Å². The highest BCUT2D eigenvalue weighted by Gasteiger charge is 2.50. The van der Waals surface area contributed by atoms with Crippen molar-refractivity contribution in [3.63, 3.8) is 0 Å². The van der Waals surface area contributed by atoms with E-state index in [0.29, 0.717) is 5.92 Å². The van der Waals surface area contributed by atoms with Crippen LogP contribution < -0.4 is 4.90 Å². The summed E-state index contributed by atoms with van der Waals surface area (Å²) in [7, 11) is 0. The van der Waals surface area contributed by atoms with Gasteiger partial charge in [0.1, 0.15) is 0 Å². The smallest absolute Gasteiger partial charge is 0.237 e. The van der Waals surface area contributed by atoms with Gasteiger partial charge in [-0.1, -0.05) is 43.3 Å². The minimum atomic E-state index is -0.116. The zero-order valence-electron chi connectivity index (χ0n) is 12.7. The third kappa shape index (κ3) is 1.88. The number of hydrogen-bond acceptors (Lipinski definition) is 2. The minimum absolute atomic E-state index is 0.00162. The van der Waals surface area contributed by atoms with Gasteiger partial charge in [0.25, 0.3) is 0 Å². The molecule has 3 heteroatoms. The molecule has 2 aromatic rings. The van der Waals surface area contributed by atoms with Crippen molar-refractivity contribution in [3.8, 4) is 0 Å². The van der Waals surface area contributed by atoms with Crippen LogP contribution in [-0.2, 0) is 9.59 Å². The zero-order valence-corrected chi connectivity index (χ0v) is 12.7. The van der Waals surface area contributed by atoms with Crippen LogP contribution in [0.4, 0.5) is 5.69 Å². The van der Waals surface area contributed by atoms with E-state index in [1.807, 2.05) is 42.5 Å². The second-order valence-electron chi connectivity index (χ2n) is 6.64. The molecule has 2 aromatic carbocycles. The number of anilines is 1. The topological polar surface area (TPSA) is 37.4 Å². The van der Waals surface area contributed by atoms with E-state index in [0.717, 1.165) is 35.7 Å². The summed E-state index contributed by atoms with van der Waals surface area (Å²) in [6.45, 7) is 2.18. The first-order valence-electron chi connectivity index (χ1n) is 8.02. The molecule has 2 aliphatic rings. The summed E-state index contributed by atoms with van der Waals surface area (Å²) in [5.41, 5.74) is 0.746. The molecular weight excluding hydrogens is 274 g/mol. The van der Waals surface area contributed by atoms with Gasteiger partial charge in [0.2, 0.25) is 11.8 Å². The Labute approximate surface area is 129 Å². The number of nitrogens with zero attached hydrogens (tertiary/aromatic N) is 1. The molecule has 0 aromatic heterocycles. The van der Waals surface area contributed by atoms with Gasteiger partial charge in [-0.25, -0.2) is 4.90 Å². The van der Waals surface area contributed by atoms with E-state index in [4.69, 9.17) is 0 Å². The normalized spacial score (nSPS) is 28.2. The van der Waals surface area contributed by atoms with Gasteiger partial charge in [-0.3, -0.25) is 9.59 Å². The number of carbonyl (C=O) groups excluding carboxylic acids is 2. The Morgan fingerprint density at radius 1 is 0.909 bits per heavy atom. The van der Waals surface area contributed by atoms with Crippen LogP contribution in [-0.4, -0.2) is 11.8 Å². The lowest BCUT2D eigenvalue weighted by Gasteiger charge is -2.25. The van der Waals surface area contributed by atoms with Gasteiger partial charge >= 0.3 is 0 Å². The van der Waals surface area contributed by atoms with E-state index in [9.17, 15) is 9.59 Å². The molecule has 0 unspecified atom stereocenters. The fraction of sp³-hybridized carbons (Fsp3) is 0.368. The van der Waals surface area contributed by atoms with Crippen LogP contribution in [0, 0.1) is 17.8 Å². The molecule has 3 atom stereocenters. The van der Waals surface area contributed by atoms with Crippen LogP contribution in [0.5, 0.6) is 0 Å². The SMILES string of the molecule is C[C@@H]1CC[C@H]2C(=O)N(c3cccc4ccccc34)C(=O)[C@H]2C1. The predicted molar refractivity (Wildman–Crippen MR) is 86.4 cm³/mol. The summed E-state index contributed by atoms with van der Waals surface area (Å²) in [5.74, 6) is 0.305. The Kier molecular flexibility index (Phi) is 3.03. The quantitative estimate of drug-likeness (QED) is 0.751. The van der Waals surface area contributed by atoms with E-state index >= 15 is 0 Å². The summed E-state index contributed by atoms with van der Waals surface area (Å²) >= 11 is 0. The molecule has 0 N–H and O–H groups in total. The summed E-state index contributed by atoms with van der Waals surface area (Å²) in [5, 5.41) is 2.03. The molecule has 2 amide bonds. The van der Waals surface area contributed by atoms with Gasteiger partial charge in [-0.05, 0) is 36.6 Å². The highest BCUT2D eigenvalue weighted by atomic mass is 16.2. The Hall–Kier alpha value is -2.16. The van der Waals surface area contributed by atoms with Gasteiger partial charge in [0.15, 0.2) is 0 Å². The van der Waals surface area contributed by atoms with E-state index in [2.05, 4.69) is 6.92 Å². The zero-order chi connectivity index (χ0) is 15.3. The molecule has 3 nitrogen and oxygen atoms in total. The first-order chi connectivity index (χ1) is 10.7. The van der Waals surface area contributed by atoms with Crippen LogP contribution in [0.1, 0.15) is 26.2 Å². The Balaban J connectivity index is 1.82. The molecule has 1 saturated carbocycles. The van der Waals surface area contributed by atoms with Crippen LogP contribution in [0.3, 0.4) is 0 Å². The molecule has 1 aliphatic carbocycles. The third-order valence-electron chi connectivity index (χ3n) is 5.20. The number of amides is 2. The van der Waals surface area contributed by atoms with Gasteiger partial charge in [0, 0.05) is 5.39 Å². The van der Waals surface area contributed by atoms with Crippen LogP contribution in [0.25, 0.3) is 10.8 Å². The molecule has 2 fully saturated rings. The maximum absolute atomic E-state index is 12.8. The van der Waals surface area contributed by atoms with E-state index in [1.54, 1.807) is 0 Å². The van der Waals surface area contributed by atoms with Crippen molar-refractivity contribution < 1.29 is 9.59 Å². The molecule has 4 rings (SSSR count). The van der Waals surface area contributed by atoms with E-state index in [1.165, 1.54) is 4.90 Å². The Morgan fingerprint density at radius 2 is 1.64 bits per heavy atom. The fourth-order valence-electron chi connectivity index (χ4n) is 4.03. The molecule has 1 heterocycles. The van der Waals surface area contributed by atoms with Crippen LogP contribution >= 0.6 is 0 Å². The molecular formula is C19H19NO2. The van der Waals surface area contributed by atoms with Crippen molar-refractivity contribution in [1.29, 1.82) is 0 Å². The van der Waals surface area contributed by atoms with Crippen molar-refractivity contribution in [2.45, 2.75) is 26.2 Å². The first-order valence-corrected chi connectivity index (χ1v) is 8.02. The average Bonchev–Trinajstić information content (AvgIpc) is 2.78. The minimum Gasteiger partial charge on any atom is -0.274 e. The fourth-order valence-corrected chi connectivity index (χ4v) is 4.03. The summed E-state index contributed by atoms with van der Waals surface area (Å²) < 4.78 is 0. The van der Waals surface area contributed by atoms with Crippen molar-refractivity contribution in [2.24, 2.45) is 17.8 Å². The predicted octanol–water partition coefficient (Wildman–Crippen LogP) is 3.77. The molecule has 0 bridgehead atoms. The number of carbonyl (C=O) groups is 2. The van der Waals surface area contributed by atoms with Crippen LogP contribution in [0.2, 0.25) is 0 Å².